The van der Waals surface area contributed by atoms with Crippen molar-refractivity contribution in [1.29, 1.82) is 0 Å². The molecule has 4 heterocycles. The van der Waals surface area contributed by atoms with Crippen molar-refractivity contribution in [2.24, 2.45) is 17.8 Å². The van der Waals surface area contributed by atoms with E-state index in [9.17, 15) is 49.8 Å². The zero-order valence-electron chi connectivity index (χ0n) is 47.5. The van der Waals surface area contributed by atoms with Crippen LogP contribution in [0.2, 0.25) is 5.02 Å². The van der Waals surface area contributed by atoms with Gasteiger partial charge >= 0.3 is 11.9 Å². The molecule has 1 amide bonds. The Bertz CT molecular complexity index is 2440. The van der Waals surface area contributed by atoms with Gasteiger partial charge in [-0.15, -0.1) is 0 Å². The fourth-order valence-electron chi connectivity index (χ4n) is 11.8. The van der Waals surface area contributed by atoms with Crippen LogP contribution >= 0.6 is 11.6 Å². The number of ether oxygens (including phenoxy) is 8. The maximum atomic E-state index is 14.5. The number of nitrogens with one attached hydrogen (secondary N) is 1. The van der Waals surface area contributed by atoms with Crippen molar-refractivity contribution in [3.63, 3.8) is 0 Å². The number of amides is 1. The average molecular weight is 1130 g/mol. The highest BCUT2D eigenvalue weighted by atomic mass is 35.5. The SMILES string of the molecule is CC[C@@H]1OC(=O)[C@H](C)[C@H](O[C@@H]2C[C@@](O)(OC)[C@@H](NC(=O)CCOCCOc3cc4c(=O)c(C(=O)O)cn(C5CC5)c4cc3Cl)[C@H](C)O2)[C@@H](C)[C@H](O[C@@H]2O[C@H](C)C[C@H](N(C)C)[C@@H]2O)C(C)(O)C[C@H](C)CN(C)[C@H](C)[C@@H](O)C1(C)O. The summed E-state index contributed by atoms with van der Waals surface area (Å²) < 4.78 is 51.2. The number of carbonyl (C=O) groups is 3. The van der Waals surface area contributed by atoms with Crippen molar-refractivity contribution in [1.82, 2.24) is 19.7 Å². The van der Waals surface area contributed by atoms with Crippen LogP contribution in [0.4, 0.5) is 0 Å². The smallest absolute Gasteiger partial charge is 0.341 e. The summed E-state index contributed by atoms with van der Waals surface area (Å²) in [6, 6.07) is 0.969. The molecule has 1 saturated carbocycles. The number of aliphatic hydroxyl groups excluding tert-OH is 2. The lowest BCUT2D eigenvalue weighted by molar-refractivity contribution is -0.335. The fourth-order valence-corrected chi connectivity index (χ4v) is 12.0. The molecule has 2 aromatic rings. The van der Waals surface area contributed by atoms with Crippen LogP contribution in [0.25, 0.3) is 10.9 Å². The van der Waals surface area contributed by atoms with Gasteiger partial charge in [-0.2, -0.15) is 0 Å². The van der Waals surface area contributed by atoms with Gasteiger partial charge in [0.15, 0.2) is 18.4 Å². The molecule has 1 aromatic carbocycles. The third kappa shape index (κ3) is 14.5. The predicted molar refractivity (Wildman–Crippen MR) is 286 cm³/mol. The van der Waals surface area contributed by atoms with Crippen LogP contribution in [0.5, 0.6) is 5.75 Å². The molecule has 6 rings (SSSR count). The standard InChI is InChI=1S/C55H87ClN4O18/c1-14-41-54(9,69)48(64)32(6)59(12)26-28(2)24-53(8,68)49(78-52-45(63)39(58(10)11)21-29(3)74-52)30(4)46(31(5)51(67)76-41)77-43-25-55(70,71-13)47(33(7)75-43)57-42(61)17-18-72-19-20-73-40-22-35-38(23-37(40)56)60(34-15-16-34)27-36(44(35)62)50(65)66/h22-23,27-34,39,41,43,45-49,52,63-64,68-70H,14-21,24-26H2,1-13H3,(H,57,61)(H,65,66)/t28-,29+,30+,31+,32+,33-,39-,41-,43+,45-,46+,47-,48+,49-,52-,53?,54?,55+/m0/s1. The Balaban J connectivity index is 1.18. The molecule has 1 aromatic heterocycles. The van der Waals surface area contributed by atoms with Crippen LogP contribution in [-0.2, 0) is 42.7 Å². The largest absolute Gasteiger partial charge is 0.490 e. The monoisotopic (exact) mass is 1130 g/mol. The predicted octanol–water partition coefficient (Wildman–Crippen LogP) is 3.44. The van der Waals surface area contributed by atoms with Gasteiger partial charge in [0, 0.05) is 50.3 Å². The number of carboxylic acid groups (broad SMARTS) is 1. The average Bonchev–Trinajstić information content (AvgIpc) is 4.28. The van der Waals surface area contributed by atoms with Crippen LogP contribution in [0.1, 0.15) is 124 Å². The number of carboxylic acids is 1. The molecule has 1 aliphatic carbocycles. The molecule has 0 bridgehead atoms. The highest BCUT2D eigenvalue weighted by Crippen LogP contribution is 2.41. The second-order valence-electron chi connectivity index (χ2n) is 23.1. The first-order chi connectivity index (χ1) is 36.5. The molecule has 0 radical (unpaired) electrons. The zero-order chi connectivity index (χ0) is 57.9. The number of halogens is 1. The summed E-state index contributed by atoms with van der Waals surface area (Å²) in [7, 11) is 6.76. The molecule has 3 aliphatic heterocycles. The second kappa shape index (κ2) is 26.1. The van der Waals surface area contributed by atoms with Gasteiger partial charge in [0.25, 0.3) is 0 Å². The number of aromatic nitrogens is 1. The number of hydrogen-bond acceptors (Lipinski definition) is 19. The normalized spacial score (nSPS) is 37.8. The Morgan fingerprint density at radius 2 is 1.64 bits per heavy atom. The van der Waals surface area contributed by atoms with E-state index in [0.717, 1.165) is 12.8 Å². The lowest BCUT2D eigenvalue weighted by atomic mass is 9.77. The van der Waals surface area contributed by atoms with Gasteiger partial charge in [0.05, 0.1) is 71.5 Å². The molecule has 18 atom stereocenters. The minimum absolute atomic E-state index is 0.0138. The van der Waals surface area contributed by atoms with Crippen molar-refractivity contribution in [3.05, 3.63) is 39.1 Å². The number of benzene rings is 1. The van der Waals surface area contributed by atoms with Crippen LogP contribution in [0.3, 0.4) is 0 Å². The number of carbonyl (C=O) groups excluding carboxylic acids is 2. The summed E-state index contributed by atoms with van der Waals surface area (Å²) in [6.45, 7) is 15.6. The van der Waals surface area contributed by atoms with E-state index in [1.54, 1.807) is 59.2 Å². The lowest BCUT2D eigenvalue weighted by Gasteiger charge is -2.49. The van der Waals surface area contributed by atoms with E-state index in [2.05, 4.69) is 5.32 Å². The molecular weight excluding hydrogens is 1040 g/mol. The highest BCUT2D eigenvalue weighted by Gasteiger charge is 2.54. The molecular formula is C55H87ClN4O18. The van der Waals surface area contributed by atoms with Crippen LogP contribution in [-0.4, -0.2) is 208 Å². The van der Waals surface area contributed by atoms with Crippen molar-refractivity contribution in [2.75, 3.05) is 54.6 Å². The molecule has 78 heavy (non-hydrogen) atoms. The van der Waals surface area contributed by atoms with Crippen LogP contribution in [0.15, 0.2) is 23.1 Å². The first-order valence-corrected chi connectivity index (χ1v) is 27.7. The summed E-state index contributed by atoms with van der Waals surface area (Å²) in [4.78, 5) is 56.7. The number of cyclic esters (lactones) is 1. The molecule has 23 heteroatoms. The van der Waals surface area contributed by atoms with Gasteiger partial charge < -0.3 is 88.2 Å². The lowest BCUT2D eigenvalue weighted by Crippen LogP contribution is -2.65. The van der Waals surface area contributed by atoms with Gasteiger partial charge in [0.1, 0.15) is 47.9 Å². The van der Waals surface area contributed by atoms with E-state index in [1.165, 1.54) is 26.3 Å². The third-order valence-corrected chi connectivity index (χ3v) is 16.7. The van der Waals surface area contributed by atoms with Crippen LogP contribution < -0.4 is 15.5 Å². The fraction of sp³-hybridized carbons (Fsp3) is 0.782. The van der Waals surface area contributed by atoms with Crippen LogP contribution in [0, 0.1) is 17.8 Å². The zero-order valence-corrected chi connectivity index (χ0v) is 48.3. The van der Waals surface area contributed by atoms with Crippen molar-refractivity contribution in [3.8, 4) is 5.75 Å². The van der Waals surface area contributed by atoms with Gasteiger partial charge in [0.2, 0.25) is 11.3 Å². The summed E-state index contributed by atoms with van der Waals surface area (Å²) in [6.07, 6.45) is -6.63. The number of pyridine rings is 1. The molecule has 2 unspecified atom stereocenters. The van der Waals surface area contributed by atoms with Gasteiger partial charge in [-0.25, -0.2) is 4.79 Å². The van der Waals surface area contributed by atoms with Gasteiger partial charge in [-0.1, -0.05) is 32.4 Å². The maximum Gasteiger partial charge on any atom is 0.341 e. The molecule has 4 aliphatic rings. The topological polar surface area (TPSA) is 287 Å². The van der Waals surface area contributed by atoms with E-state index in [0.29, 0.717) is 18.5 Å². The van der Waals surface area contributed by atoms with E-state index in [1.807, 2.05) is 37.7 Å². The molecule has 7 N–H and O–H groups in total. The summed E-state index contributed by atoms with van der Waals surface area (Å²) in [5.41, 5.74) is -4.09. The van der Waals surface area contributed by atoms with Gasteiger partial charge in [-0.05, 0) is 113 Å². The van der Waals surface area contributed by atoms with Crippen molar-refractivity contribution < 1.29 is 82.9 Å². The number of hydrogen-bond donors (Lipinski definition) is 7. The minimum atomic E-state index is -2.09. The molecule has 3 saturated heterocycles. The number of esters is 1. The Kier molecular flexibility index (Phi) is 21.3. The highest BCUT2D eigenvalue weighted by molar-refractivity contribution is 6.32. The van der Waals surface area contributed by atoms with Crippen molar-refractivity contribution >= 4 is 40.3 Å². The number of aromatic carboxylic acids is 1. The number of fused-ring (bicyclic) bond motifs is 1. The van der Waals surface area contributed by atoms with E-state index < -0.39 is 113 Å². The van der Waals surface area contributed by atoms with E-state index in [4.69, 9.17) is 49.5 Å². The molecule has 22 nitrogen and oxygen atoms in total. The number of likely N-dealkylation sites (N-methyl/N-ethyl adjacent to an activating group) is 2. The van der Waals surface area contributed by atoms with Gasteiger partial charge in [-0.3, -0.25) is 14.4 Å². The molecule has 442 valence electrons. The second-order valence-corrected chi connectivity index (χ2v) is 23.5. The third-order valence-electron chi connectivity index (χ3n) is 16.4. The first kappa shape index (κ1) is 63.6. The summed E-state index contributed by atoms with van der Waals surface area (Å²) >= 11 is 6.54. The summed E-state index contributed by atoms with van der Waals surface area (Å²) in [5.74, 6) is -6.93. The number of nitrogens with zero attached hydrogens (tertiary/aromatic N) is 3. The number of rotatable bonds is 17. The Hall–Kier alpha value is -3.59. The van der Waals surface area contributed by atoms with E-state index >= 15 is 0 Å². The Morgan fingerprint density at radius 3 is 2.26 bits per heavy atom. The number of aliphatic hydroxyl groups is 5. The molecule has 0 spiro atoms. The quantitative estimate of drug-likeness (QED) is 0.0678. The van der Waals surface area contributed by atoms with E-state index in [-0.39, 0.29) is 91.3 Å². The maximum absolute atomic E-state index is 14.5. The summed E-state index contributed by atoms with van der Waals surface area (Å²) in [5, 5.41) is 73.0. The minimum Gasteiger partial charge on any atom is -0.490 e. The first-order valence-electron chi connectivity index (χ1n) is 27.3. The number of methoxy groups -OCH3 is 1. The Morgan fingerprint density at radius 1 is 0.962 bits per heavy atom. The Labute approximate surface area is 462 Å². The van der Waals surface area contributed by atoms with Crippen molar-refractivity contribution in [2.45, 2.75) is 204 Å². The molecule has 4 fully saturated rings.